The highest BCUT2D eigenvalue weighted by atomic mass is 32.2. The summed E-state index contributed by atoms with van der Waals surface area (Å²) in [5.41, 5.74) is 2.81. The maximum Gasteiger partial charge on any atom is 0.242 e. The van der Waals surface area contributed by atoms with Gasteiger partial charge in [-0.1, -0.05) is 30.4 Å². The van der Waals surface area contributed by atoms with Crippen LogP contribution in [-0.2, 0) is 10.0 Å². The van der Waals surface area contributed by atoms with E-state index in [9.17, 15) is 8.42 Å². The Morgan fingerprint density at radius 3 is 2.54 bits per heavy atom. The van der Waals surface area contributed by atoms with Gasteiger partial charge in [0.15, 0.2) is 0 Å². The Kier molecular flexibility index (Phi) is 5.11. The lowest BCUT2D eigenvalue weighted by Crippen LogP contribution is -2.44. The summed E-state index contributed by atoms with van der Waals surface area (Å²) >= 11 is 0. The Morgan fingerprint density at radius 1 is 1.12 bits per heavy atom. The van der Waals surface area contributed by atoms with Gasteiger partial charge in [-0.3, -0.25) is 0 Å². The van der Waals surface area contributed by atoms with E-state index in [1.165, 1.54) is 5.57 Å². The minimum absolute atomic E-state index is 0.334. The van der Waals surface area contributed by atoms with Gasteiger partial charge in [-0.05, 0) is 70.5 Å². The molecule has 0 N–H and O–H groups in total. The molecule has 1 aromatic carbocycles. The molecule has 1 aliphatic heterocycles. The zero-order valence-electron chi connectivity index (χ0n) is 14.5. The number of benzene rings is 1. The van der Waals surface area contributed by atoms with E-state index in [0.29, 0.717) is 12.8 Å². The molecule has 0 saturated carbocycles. The predicted molar refractivity (Wildman–Crippen MR) is 99.4 cm³/mol. The van der Waals surface area contributed by atoms with Crippen LogP contribution in [0.15, 0.2) is 53.8 Å². The molecule has 1 atom stereocenters. The first-order chi connectivity index (χ1) is 11.5. The highest BCUT2D eigenvalue weighted by Crippen LogP contribution is 2.40. The second kappa shape index (κ2) is 7.11. The first kappa shape index (κ1) is 17.2. The zero-order valence-corrected chi connectivity index (χ0v) is 15.3. The summed E-state index contributed by atoms with van der Waals surface area (Å²) in [7, 11) is 0.668. The predicted octanol–water partition coefficient (Wildman–Crippen LogP) is 3.54. The van der Waals surface area contributed by atoms with Crippen molar-refractivity contribution >= 4 is 15.7 Å². The summed E-state index contributed by atoms with van der Waals surface area (Å²) in [5, 5.41) is -0.334. The molecule has 2 aliphatic rings. The van der Waals surface area contributed by atoms with Crippen molar-refractivity contribution in [3.8, 4) is 0 Å². The Bertz CT molecular complexity index is 736. The van der Waals surface area contributed by atoms with Crippen LogP contribution in [0.4, 0.5) is 5.69 Å². The van der Waals surface area contributed by atoms with E-state index in [1.54, 1.807) is 4.31 Å². The summed E-state index contributed by atoms with van der Waals surface area (Å²) in [6, 6.07) is 9.47. The number of hydrogen-bond acceptors (Lipinski definition) is 3. The molecule has 0 spiro atoms. The van der Waals surface area contributed by atoms with Crippen molar-refractivity contribution in [2.24, 2.45) is 0 Å². The van der Waals surface area contributed by atoms with Crippen LogP contribution >= 0.6 is 0 Å². The van der Waals surface area contributed by atoms with E-state index in [-0.39, 0.29) is 5.25 Å². The van der Waals surface area contributed by atoms with Gasteiger partial charge in [-0.2, -0.15) is 0 Å². The van der Waals surface area contributed by atoms with Crippen molar-refractivity contribution in [3.63, 3.8) is 0 Å². The van der Waals surface area contributed by atoms with Crippen molar-refractivity contribution in [1.29, 1.82) is 0 Å². The Labute approximate surface area is 145 Å². The Balaban J connectivity index is 1.94. The van der Waals surface area contributed by atoms with Crippen LogP contribution in [0.3, 0.4) is 0 Å². The van der Waals surface area contributed by atoms with E-state index in [1.807, 2.05) is 44.4 Å². The van der Waals surface area contributed by atoms with Crippen LogP contribution in [0.25, 0.3) is 0 Å². The third-order valence-electron chi connectivity index (χ3n) is 4.69. The largest absolute Gasteiger partial charge is 0.309 e. The number of hydrogen-bond donors (Lipinski definition) is 0. The number of para-hydroxylation sites is 1. The summed E-state index contributed by atoms with van der Waals surface area (Å²) in [5.74, 6) is 0. The normalized spacial score (nSPS) is 22.8. The van der Waals surface area contributed by atoms with Crippen molar-refractivity contribution in [2.75, 3.05) is 24.9 Å². The van der Waals surface area contributed by atoms with Crippen molar-refractivity contribution in [3.05, 3.63) is 53.8 Å². The average Bonchev–Trinajstić information content (AvgIpc) is 2.55. The van der Waals surface area contributed by atoms with E-state index in [4.69, 9.17) is 0 Å². The maximum atomic E-state index is 13.3. The zero-order chi connectivity index (χ0) is 17.2. The standard InChI is InChI=1S/C19H26N2O2S/c1-20(2)14-8-12-18-15-16-9-6-7-13-19(16)21(24(18,22)23)17-10-4-3-5-11-17/h3-5,9-11,13,18H,6-8,12,14-15H2,1-2H3. The van der Waals surface area contributed by atoms with Gasteiger partial charge < -0.3 is 4.90 Å². The Hall–Kier alpha value is -1.59. The van der Waals surface area contributed by atoms with Gasteiger partial charge in [0, 0.05) is 0 Å². The number of nitrogens with zero attached hydrogens (tertiary/aromatic N) is 2. The quantitative estimate of drug-likeness (QED) is 0.819. The minimum atomic E-state index is -3.38. The van der Waals surface area contributed by atoms with Gasteiger partial charge in [0.2, 0.25) is 10.0 Å². The third kappa shape index (κ3) is 3.42. The van der Waals surface area contributed by atoms with Crippen LogP contribution in [0, 0.1) is 0 Å². The van der Waals surface area contributed by atoms with Gasteiger partial charge in [0.1, 0.15) is 0 Å². The highest BCUT2D eigenvalue weighted by molar-refractivity contribution is 7.93. The van der Waals surface area contributed by atoms with Gasteiger partial charge in [-0.15, -0.1) is 0 Å². The third-order valence-corrected chi connectivity index (χ3v) is 6.85. The molecule has 0 radical (unpaired) electrons. The van der Waals surface area contributed by atoms with Crippen molar-refractivity contribution < 1.29 is 8.42 Å². The molecule has 1 aromatic rings. The molecule has 1 unspecified atom stereocenters. The summed E-state index contributed by atoms with van der Waals surface area (Å²) in [6.07, 6.45) is 8.45. The van der Waals surface area contributed by atoms with E-state index < -0.39 is 10.0 Å². The molecule has 1 aliphatic carbocycles. The molecule has 1 saturated heterocycles. The molecule has 1 heterocycles. The molecule has 1 fully saturated rings. The molecule has 4 nitrogen and oxygen atoms in total. The molecule has 130 valence electrons. The first-order valence-corrected chi connectivity index (χ1v) is 10.1. The van der Waals surface area contributed by atoms with Gasteiger partial charge in [0.25, 0.3) is 0 Å². The van der Waals surface area contributed by atoms with Crippen LogP contribution in [0.2, 0.25) is 0 Å². The smallest absolute Gasteiger partial charge is 0.242 e. The first-order valence-electron chi connectivity index (χ1n) is 8.63. The number of sulfonamides is 1. The lowest BCUT2D eigenvalue weighted by molar-refractivity contribution is 0.390. The number of allylic oxidation sites excluding steroid dienone is 3. The number of rotatable bonds is 5. The van der Waals surface area contributed by atoms with Crippen LogP contribution < -0.4 is 4.31 Å². The SMILES string of the molecule is CN(C)CCCC1CC2=CCCC=C2N(c2ccccc2)S1(=O)=O. The number of fused-ring (bicyclic) bond motifs is 1. The van der Waals surface area contributed by atoms with E-state index >= 15 is 0 Å². The van der Waals surface area contributed by atoms with Crippen LogP contribution in [-0.4, -0.2) is 39.2 Å². The molecule has 3 rings (SSSR count). The molecule has 24 heavy (non-hydrogen) atoms. The lowest BCUT2D eigenvalue weighted by Gasteiger charge is -2.38. The molecular formula is C19H26N2O2S. The summed E-state index contributed by atoms with van der Waals surface area (Å²) in [6.45, 7) is 0.916. The highest BCUT2D eigenvalue weighted by Gasteiger charge is 2.41. The topological polar surface area (TPSA) is 40.6 Å². The lowest BCUT2D eigenvalue weighted by atomic mass is 9.96. The van der Waals surface area contributed by atoms with Gasteiger partial charge >= 0.3 is 0 Å². The fourth-order valence-electron chi connectivity index (χ4n) is 3.49. The summed E-state index contributed by atoms with van der Waals surface area (Å²) in [4.78, 5) is 2.11. The molecule has 0 bridgehead atoms. The van der Waals surface area contributed by atoms with Crippen LogP contribution in [0.5, 0.6) is 0 Å². The van der Waals surface area contributed by atoms with Crippen molar-refractivity contribution in [2.45, 2.75) is 37.4 Å². The fourth-order valence-corrected chi connectivity index (χ4v) is 5.52. The fraction of sp³-hybridized carbons (Fsp3) is 0.474. The minimum Gasteiger partial charge on any atom is -0.309 e. The van der Waals surface area contributed by atoms with Crippen LogP contribution in [0.1, 0.15) is 32.1 Å². The molecular weight excluding hydrogens is 320 g/mol. The molecule has 5 heteroatoms. The van der Waals surface area contributed by atoms with Crippen molar-refractivity contribution in [1.82, 2.24) is 4.90 Å². The van der Waals surface area contributed by atoms with Gasteiger partial charge in [-0.25, -0.2) is 12.7 Å². The Morgan fingerprint density at radius 2 is 1.83 bits per heavy atom. The molecule has 0 aromatic heterocycles. The monoisotopic (exact) mass is 346 g/mol. The summed E-state index contributed by atoms with van der Waals surface area (Å²) < 4.78 is 28.2. The average molecular weight is 346 g/mol. The number of anilines is 1. The maximum absolute atomic E-state index is 13.3. The second-order valence-electron chi connectivity index (χ2n) is 6.81. The van der Waals surface area contributed by atoms with E-state index in [2.05, 4.69) is 17.1 Å². The van der Waals surface area contributed by atoms with E-state index in [0.717, 1.165) is 37.2 Å². The molecule has 0 amide bonds. The van der Waals surface area contributed by atoms with Gasteiger partial charge in [0.05, 0.1) is 16.6 Å². The second-order valence-corrected chi connectivity index (χ2v) is 8.87.